The third-order valence-corrected chi connectivity index (χ3v) is 2.14. The van der Waals surface area contributed by atoms with Gasteiger partial charge in [-0.3, -0.25) is 4.68 Å². The number of benzene rings is 1. The lowest BCUT2D eigenvalue weighted by atomic mass is 10.1. The van der Waals surface area contributed by atoms with Gasteiger partial charge in [-0.15, -0.1) is 0 Å². The Balaban J connectivity index is 2.55. The molecule has 0 aliphatic carbocycles. The van der Waals surface area contributed by atoms with Crippen LogP contribution in [0.25, 0.3) is 11.1 Å². The third kappa shape index (κ3) is 1.31. The summed E-state index contributed by atoms with van der Waals surface area (Å²) < 4.78 is 1.60. The van der Waals surface area contributed by atoms with Crippen LogP contribution >= 0.6 is 0 Å². The van der Waals surface area contributed by atoms with Crippen LogP contribution in [0.2, 0.25) is 0 Å². The number of aryl methyl sites for hydroxylation is 1. The molecule has 4 heteroatoms. The van der Waals surface area contributed by atoms with Gasteiger partial charge in [0.05, 0.1) is 6.20 Å². The van der Waals surface area contributed by atoms with Crippen molar-refractivity contribution in [2.45, 2.75) is 0 Å². The van der Waals surface area contributed by atoms with Crippen molar-refractivity contribution in [1.82, 2.24) is 9.78 Å². The van der Waals surface area contributed by atoms with Gasteiger partial charge in [-0.1, -0.05) is 12.1 Å². The van der Waals surface area contributed by atoms with E-state index in [-0.39, 0.29) is 5.75 Å². The van der Waals surface area contributed by atoms with E-state index in [9.17, 15) is 5.11 Å². The van der Waals surface area contributed by atoms with Gasteiger partial charge in [0.25, 0.3) is 0 Å². The number of nitrogens with zero attached hydrogens (tertiary/aromatic N) is 2. The first-order valence-electron chi connectivity index (χ1n) is 4.25. The largest absolute Gasteiger partial charge is 0.508 e. The molecular formula is C10H11N3O. The van der Waals surface area contributed by atoms with E-state index in [1.54, 1.807) is 36.1 Å². The van der Waals surface area contributed by atoms with Gasteiger partial charge in [-0.05, 0) is 17.7 Å². The first kappa shape index (κ1) is 8.62. The van der Waals surface area contributed by atoms with Gasteiger partial charge in [0, 0.05) is 12.6 Å². The summed E-state index contributed by atoms with van der Waals surface area (Å²) in [5.41, 5.74) is 7.51. The average molecular weight is 189 g/mol. The molecule has 2 aromatic rings. The minimum absolute atomic E-state index is 0.228. The van der Waals surface area contributed by atoms with Crippen molar-refractivity contribution in [2.24, 2.45) is 7.05 Å². The molecule has 0 aliphatic rings. The smallest absolute Gasteiger partial charge is 0.129 e. The molecule has 0 bridgehead atoms. The monoisotopic (exact) mass is 189 g/mol. The zero-order valence-electron chi connectivity index (χ0n) is 7.81. The topological polar surface area (TPSA) is 64.1 Å². The molecule has 0 radical (unpaired) electrons. The van der Waals surface area contributed by atoms with Gasteiger partial charge in [0.1, 0.15) is 11.6 Å². The summed E-state index contributed by atoms with van der Waals surface area (Å²) in [6.45, 7) is 0. The molecule has 0 fully saturated rings. The van der Waals surface area contributed by atoms with Crippen LogP contribution in [0.4, 0.5) is 5.82 Å². The molecule has 2 rings (SSSR count). The van der Waals surface area contributed by atoms with Crippen LogP contribution in [0.5, 0.6) is 5.75 Å². The Kier molecular flexibility index (Phi) is 1.89. The number of phenolic OH excluding ortho intramolecular Hbond substituents is 1. The third-order valence-electron chi connectivity index (χ3n) is 2.14. The molecule has 0 unspecified atom stereocenters. The molecule has 0 saturated heterocycles. The predicted molar refractivity (Wildman–Crippen MR) is 54.7 cm³/mol. The number of hydrogen-bond acceptors (Lipinski definition) is 3. The highest BCUT2D eigenvalue weighted by Gasteiger charge is 2.06. The predicted octanol–water partition coefficient (Wildman–Crippen LogP) is 1.37. The van der Waals surface area contributed by atoms with Crippen LogP contribution in [-0.2, 0) is 7.05 Å². The van der Waals surface area contributed by atoms with Gasteiger partial charge in [-0.2, -0.15) is 5.10 Å². The van der Waals surface area contributed by atoms with Crippen molar-refractivity contribution in [3.63, 3.8) is 0 Å². The fourth-order valence-corrected chi connectivity index (χ4v) is 1.34. The van der Waals surface area contributed by atoms with Crippen LogP contribution in [0.15, 0.2) is 30.5 Å². The van der Waals surface area contributed by atoms with Crippen LogP contribution in [0.1, 0.15) is 0 Å². The molecule has 3 N–H and O–H groups in total. The molecular weight excluding hydrogens is 178 g/mol. The van der Waals surface area contributed by atoms with E-state index >= 15 is 0 Å². The second kappa shape index (κ2) is 3.06. The number of nitrogens with two attached hydrogens (primary N) is 1. The minimum atomic E-state index is 0.228. The van der Waals surface area contributed by atoms with Gasteiger partial charge < -0.3 is 10.8 Å². The Morgan fingerprint density at radius 2 is 2.21 bits per heavy atom. The van der Waals surface area contributed by atoms with E-state index < -0.39 is 0 Å². The number of hydrogen-bond donors (Lipinski definition) is 2. The van der Waals surface area contributed by atoms with Gasteiger partial charge in [-0.25, -0.2) is 0 Å². The maximum Gasteiger partial charge on any atom is 0.129 e. The van der Waals surface area contributed by atoms with Gasteiger partial charge in [0.15, 0.2) is 0 Å². The highest BCUT2D eigenvalue weighted by molar-refractivity contribution is 5.74. The number of aromatic nitrogens is 2. The standard InChI is InChI=1S/C10H11N3O/c1-13-10(11)9(6-12-13)7-3-2-4-8(14)5-7/h2-6,14H,11H2,1H3. The molecule has 14 heavy (non-hydrogen) atoms. The fourth-order valence-electron chi connectivity index (χ4n) is 1.34. The van der Waals surface area contributed by atoms with E-state index in [0.29, 0.717) is 5.82 Å². The summed E-state index contributed by atoms with van der Waals surface area (Å²) in [6, 6.07) is 6.94. The van der Waals surface area contributed by atoms with Crippen molar-refractivity contribution in [1.29, 1.82) is 0 Å². The first-order chi connectivity index (χ1) is 6.68. The molecule has 1 heterocycles. The molecule has 4 nitrogen and oxygen atoms in total. The van der Waals surface area contributed by atoms with Crippen LogP contribution in [0, 0.1) is 0 Å². The SMILES string of the molecule is Cn1ncc(-c2cccc(O)c2)c1N. The number of anilines is 1. The second-order valence-corrected chi connectivity index (χ2v) is 3.12. The van der Waals surface area contributed by atoms with Crippen LogP contribution in [-0.4, -0.2) is 14.9 Å². The number of nitrogen functional groups attached to an aromatic ring is 1. The molecule has 0 saturated carbocycles. The van der Waals surface area contributed by atoms with E-state index in [1.165, 1.54) is 0 Å². The summed E-state index contributed by atoms with van der Waals surface area (Å²) in [6.07, 6.45) is 1.68. The Morgan fingerprint density at radius 3 is 2.79 bits per heavy atom. The molecule has 72 valence electrons. The average Bonchev–Trinajstić information content (AvgIpc) is 2.48. The van der Waals surface area contributed by atoms with Crippen molar-refractivity contribution in [3.8, 4) is 16.9 Å². The van der Waals surface area contributed by atoms with Gasteiger partial charge in [0.2, 0.25) is 0 Å². The Hall–Kier alpha value is -1.97. The number of aromatic hydroxyl groups is 1. The first-order valence-corrected chi connectivity index (χ1v) is 4.25. The summed E-state index contributed by atoms with van der Waals surface area (Å²) in [7, 11) is 1.78. The molecule has 0 aliphatic heterocycles. The van der Waals surface area contributed by atoms with Crippen molar-refractivity contribution in [2.75, 3.05) is 5.73 Å². The van der Waals surface area contributed by atoms with Crippen LogP contribution in [0.3, 0.4) is 0 Å². The van der Waals surface area contributed by atoms with Crippen molar-refractivity contribution in [3.05, 3.63) is 30.5 Å². The van der Waals surface area contributed by atoms with Crippen molar-refractivity contribution < 1.29 is 5.11 Å². The lowest BCUT2D eigenvalue weighted by Crippen LogP contribution is -1.97. The Bertz CT molecular complexity index is 462. The van der Waals surface area contributed by atoms with E-state index in [1.807, 2.05) is 6.07 Å². The van der Waals surface area contributed by atoms with E-state index in [2.05, 4.69) is 5.10 Å². The highest BCUT2D eigenvalue weighted by Crippen LogP contribution is 2.27. The Labute approximate surface area is 81.6 Å². The van der Waals surface area contributed by atoms with Crippen LogP contribution < -0.4 is 5.73 Å². The molecule has 1 aromatic heterocycles. The molecule has 0 amide bonds. The lowest BCUT2D eigenvalue weighted by molar-refractivity contribution is 0.475. The normalized spacial score (nSPS) is 10.4. The zero-order valence-corrected chi connectivity index (χ0v) is 7.81. The van der Waals surface area contributed by atoms with E-state index in [4.69, 9.17) is 5.73 Å². The molecule has 0 atom stereocenters. The fraction of sp³-hybridized carbons (Fsp3) is 0.100. The molecule has 0 spiro atoms. The Morgan fingerprint density at radius 1 is 1.43 bits per heavy atom. The summed E-state index contributed by atoms with van der Waals surface area (Å²) in [4.78, 5) is 0. The number of rotatable bonds is 1. The molecule has 1 aromatic carbocycles. The quantitative estimate of drug-likeness (QED) is 0.712. The highest BCUT2D eigenvalue weighted by atomic mass is 16.3. The minimum Gasteiger partial charge on any atom is -0.508 e. The number of phenols is 1. The summed E-state index contributed by atoms with van der Waals surface area (Å²) in [5, 5.41) is 13.3. The summed E-state index contributed by atoms with van der Waals surface area (Å²) >= 11 is 0. The van der Waals surface area contributed by atoms with Crippen molar-refractivity contribution >= 4 is 5.82 Å². The van der Waals surface area contributed by atoms with E-state index in [0.717, 1.165) is 11.1 Å². The van der Waals surface area contributed by atoms with Gasteiger partial charge >= 0.3 is 0 Å². The summed E-state index contributed by atoms with van der Waals surface area (Å²) in [5.74, 6) is 0.821. The maximum absolute atomic E-state index is 9.30. The lowest BCUT2D eigenvalue weighted by Gasteiger charge is -2.00. The maximum atomic E-state index is 9.30. The zero-order chi connectivity index (χ0) is 10.1. The second-order valence-electron chi connectivity index (χ2n) is 3.12.